The highest BCUT2D eigenvalue weighted by Crippen LogP contribution is 2.26. The van der Waals surface area contributed by atoms with Crippen LogP contribution in [-0.2, 0) is 12.8 Å². The van der Waals surface area contributed by atoms with Crippen LogP contribution in [-0.4, -0.2) is 4.98 Å². The van der Waals surface area contributed by atoms with Crippen molar-refractivity contribution < 1.29 is 0 Å². The van der Waals surface area contributed by atoms with Crippen LogP contribution in [0.2, 0.25) is 0 Å². The van der Waals surface area contributed by atoms with Crippen molar-refractivity contribution in [2.45, 2.75) is 19.3 Å². The van der Waals surface area contributed by atoms with Gasteiger partial charge in [-0.05, 0) is 54.7 Å². The molecule has 3 rings (SSSR count). The molecule has 0 fully saturated rings. The molecule has 3 heteroatoms. The summed E-state index contributed by atoms with van der Waals surface area (Å²) < 4.78 is 0. The monoisotopic (exact) mass is 235 g/mol. The average Bonchev–Trinajstić information content (AvgIpc) is 2.86. The fourth-order valence-corrected chi connectivity index (χ4v) is 2.36. The number of aromatic nitrogens is 1. The highest BCUT2D eigenvalue weighted by Gasteiger charge is 2.10. The summed E-state index contributed by atoms with van der Waals surface area (Å²) in [5.41, 5.74) is 4.36. The zero-order valence-corrected chi connectivity index (χ0v) is 9.98. The van der Waals surface area contributed by atoms with Gasteiger partial charge in [-0.2, -0.15) is 5.26 Å². The molecule has 0 unspecified atom stereocenters. The van der Waals surface area contributed by atoms with Crippen molar-refractivity contribution in [1.29, 1.82) is 5.26 Å². The first-order valence-electron chi connectivity index (χ1n) is 6.11. The van der Waals surface area contributed by atoms with Crippen molar-refractivity contribution in [3.05, 3.63) is 53.2 Å². The summed E-state index contributed by atoms with van der Waals surface area (Å²) in [5, 5.41) is 12.1. The highest BCUT2D eigenvalue weighted by atomic mass is 15.0. The van der Waals surface area contributed by atoms with E-state index in [9.17, 15) is 0 Å². The predicted molar refractivity (Wildman–Crippen MR) is 70.7 cm³/mol. The van der Waals surface area contributed by atoms with Gasteiger partial charge in [0.25, 0.3) is 0 Å². The van der Waals surface area contributed by atoms with Gasteiger partial charge < -0.3 is 5.32 Å². The summed E-state index contributed by atoms with van der Waals surface area (Å²) in [6.07, 6.45) is 3.61. The van der Waals surface area contributed by atoms with Crippen LogP contribution in [0.4, 0.5) is 11.5 Å². The van der Waals surface area contributed by atoms with Gasteiger partial charge in [-0.25, -0.2) is 4.98 Å². The molecule has 0 spiro atoms. The van der Waals surface area contributed by atoms with Crippen LogP contribution in [0, 0.1) is 11.3 Å². The first kappa shape index (κ1) is 10.8. The molecular formula is C15H13N3. The molecule has 1 aliphatic rings. The van der Waals surface area contributed by atoms with E-state index in [0.29, 0.717) is 11.5 Å². The van der Waals surface area contributed by atoms with E-state index in [0.717, 1.165) is 12.1 Å². The molecule has 1 aliphatic carbocycles. The largest absolute Gasteiger partial charge is 0.340 e. The Morgan fingerprint density at radius 1 is 1.11 bits per heavy atom. The van der Waals surface area contributed by atoms with Gasteiger partial charge >= 0.3 is 0 Å². The number of nitrogens with zero attached hydrogens (tertiary/aromatic N) is 2. The maximum atomic E-state index is 8.81. The third-order valence-corrected chi connectivity index (χ3v) is 3.23. The van der Waals surface area contributed by atoms with Crippen LogP contribution in [0.3, 0.4) is 0 Å². The summed E-state index contributed by atoms with van der Waals surface area (Å²) in [6, 6.07) is 13.9. The lowest BCUT2D eigenvalue weighted by molar-refractivity contribution is 0.912. The summed E-state index contributed by atoms with van der Waals surface area (Å²) >= 11 is 0. The normalized spacial score (nSPS) is 12.8. The zero-order valence-electron chi connectivity index (χ0n) is 9.98. The van der Waals surface area contributed by atoms with Crippen LogP contribution in [0.15, 0.2) is 36.4 Å². The Kier molecular flexibility index (Phi) is 2.70. The van der Waals surface area contributed by atoms with Gasteiger partial charge in [0, 0.05) is 5.69 Å². The number of hydrogen-bond acceptors (Lipinski definition) is 3. The third kappa shape index (κ3) is 2.05. The molecule has 1 heterocycles. The minimum Gasteiger partial charge on any atom is -0.340 e. The van der Waals surface area contributed by atoms with Crippen LogP contribution < -0.4 is 5.32 Å². The lowest BCUT2D eigenvalue weighted by atomic mass is 10.1. The molecule has 2 aromatic rings. The lowest BCUT2D eigenvalue weighted by Crippen LogP contribution is -1.95. The second kappa shape index (κ2) is 4.50. The van der Waals surface area contributed by atoms with E-state index in [4.69, 9.17) is 5.26 Å². The van der Waals surface area contributed by atoms with E-state index < -0.39 is 0 Å². The minimum atomic E-state index is 0.432. The number of pyridine rings is 1. The van der Waals surface area contributed by atoms with E-state index in [2.05, 4.69) is 28.5 Å². The molecule has 0 saturated carbocycles. The minimum absolute atomic E-state index is 0.432. The maximum absolute atomic E-state index is 8.81. The van der Waals surface area contributed by atoms with Gasteiger partial charge in [-0.3, -0.25) is 0 Å². The fourth-order valence-electron chi connectivity index (χ4n) is 2.36. The predicted octanol–water partition coefficient (Wildman–Crippen LogP) is 3.19. The maximum Gasteiger partial charge on any atom is 0.142 e. The molecule has 3 nitrogen and oxygen atoms in total. The topological polar surface area (TPSA) is 48.7 Å². The van der Waals surface area contributed by atoms with Crippen LogP contribution in [0.5, 0.6) is 0 Å². The Morgan fingerprint density at radius 2 is 2.00 bits per heavy atom. The molecule has 88 valence electrons. The van der Waals surface area contributed by atoms with E-state index in [1.807, 2.05) is 18.2 Å². The zero-order chi connectivity index (χ0) is 12.4. The number of fused-ring (bicyclic) bond motifs is 1. The summed E-state index contributed by atoms with van der Waals surface area (Å²) in [6.45, 7) is 0. The van der Waals surface area contributed by atoms with Gasteiger partial charge in [0.05, 0.1) is 0 Å². The first-order chi connectivity index (χ1) is 8.85. The first-order valence-corrected chi connectivity index (χ1v) is 6.11. The Morgan fingerprint density at radius 3 is 2.89 bits per heavy atom. The van der Waals surface area contributed by atoms with E-state index in [1.165, 1.54) is 24.0 Å². The number of anilines is 2. The van der Waals surface area contributed by atoms with Gasteiger partial charge in [0.1, 0.15) is 17.6 Å². The highest BCUT2D eigenvalue weighted by molar-refractivity contribution is 5.59. The fraction of sp³-hybridized carbons (Fsp3) is 0.200. The summed E-state index contributed by atoms with van der Waals surface area (Å²) in [7, 11) is 0. The molecule has 0 saturated heterocycles. The molecule has 18 heavy (non-hydrogen) atoms. The Bertz CT molecular complexity index is 626. The Labute approximate surface area is 106 Å². The molecule has 1 aromatic heterocycles. The quantitative estimate of drug-likeness (QED) is 0.869. The molecule has 0 bridgehead atoms. The molecule has 1 aromatic carbocycles. The van der Waals surface area contributed by atoms with Gasteiger partial charge in [-0.1, -0.05) is 12.1 Å². The summed E-state index contributed by atoms with van der Waals surface area (Å²) in [4.78, 5) is 4.21. The number of benzene rings is 1. The third-order valence-electron chi connectivity index (χ3n) is 3.23. The van der Waals surface area contributed by atoms with Crippen molar-refractivity contribution >= 4 is 11.5 Å². The van der Waals surface area contributed by atoms with Crippen LogP contribution in [0.1, 0.15) is 23.2 Å². The van der Waals surface area contributed by atoms with E-state index in [-0.39, 0.29) is 0 Å². The second-order valence-corrected chi connectivity index (χ2v) is 4.48. The van der Waals surface area contributed by atoms with Gasteiger partial charge in [0.15, 0.2) is 0 Å². The average molecular weight is 235 g/mol. The Balaban J connectivity index is 1.86. The van der Waals surface area contributed by atoms with E-state index in [1.54, 1.807) is 6.07 Å². The van der Waals surface area contributed by atoms with Crippen molar-refractivity contribution in [1.82, 2.24) is 4.98 Å². The van der Waals surface area contributed by atoms with Crippen LogP contribution in [0.25, 0.3) is 0 Å². The molecular weight excluding hydrogens is 222 g/mol. The lowest BCUT2D eigenvalue weighted by Gasteiger charge is -2.07. The van der Waals surface area contributed by atoms with Crippen LogP contribution >= 0.6 is 0 Å². The standard InChI is InChI=1S/C15H13N3/c16-10-14-5-2-6-15(18-14)17-13-8-7-11-3-1-4-12(11)9-13/h2,5-9H,1,3-4H2,(H,17,18). The number of hydrogen-bond donors (Lipinski definition) is 1. The molecule has 0 atom stereocenters. The number of nitriles is 1. The second-order valence-electron chi connectivity index (χ2n) is 4.48. The molecule has 0 aliphatic heterocycles. The molecule has 0 radical (unpaired) electrons. The van der Waals surface area contributed by atoms with Crippen molar-refractivity contribution in [2.24, 2.45) is 0 Å². The smallest absolute Gasteiger partial charge is 0.142 e. The van der Waals surface area contributed by atoms with Crippen molar-refractivity contribution in [2.75, 3.05) is 5.32 Å². The van der Waals surface area contributed by atoms with Crippen molar-refractivity contribution in [3.8, 4) is 6.07 Å². The number of aryl methyl sites for hydroxylation is 2. The summed E-state index contributed by atoms with van der Waals surface area (Å²) in [5.74, 6) is 0.715. The molecule has 0 amide bonds. The number of rotatable bonds is 2. The van der Waals surface area contributed by atoms with Crippen molar-refractivity contribution in [3.63, 3.8) is 0 Å². The SMILES string of the molecule is N#Cc1cccc(Nc2ccc3c(c2)CCC3)n1. The molecule has 1 N–H and O–H groups in total. The Hall–Kier alpha value is -2.34. The van der Waals surface area contributed by atoms with Gasteiger partial charge in [-0.15, -0.1) is 0 Å². The van der Waals surface area contributed by atoms with Gasteiger partial charge in [0.2, 0.25) is 0 Å². The van der Waals surface area contributed by atoms with E-state index >= 15 is 0 Å². The number of nitrogens with one attached hydrogen (secondary N) is 1.